The van der Waals surface area contributed by atoms with Crippen LogP contribution in [-0.2, 0) is 14.3 Å². The van der Waals surface area contributed by atoms with E-state index in [0.29, 0.717) is 11.3 Å². The molecule has 0 N–H and O–H groups in total. The molecule has 0 aromatic carbocycles. The summed E-state index contributed by atoms with van der Waals surface area (Å²) in [6.45, 7) is 15.5. The molecular formula is C24H34O3. The van der Waals surface area contributed by atoms with Crippen LogP contribution in [0, 0.1) is 22.7 Å². The summed E-state index contributed by atoms with van der Waals surface area (Å²) in [7, 11) is 0. The monoisotopic (exact) mass is 370 g/mol. The van der Waals surface area contributed by atoms with Crippen molar-refractivity contribution in [1.82, 2.24) is 0 Å². The lowest BCUT2D eigenvalue weighted by atomic mass is 9.45. The highest BCUT2D eigenvalue weighted by Crippen LogP contribution is 2.66. The van der Waals surface area contributed by atoms with Gasteiger partial charge in [-0.15, -0.1) is 0 Å². The highest BCUT2D eigenvalue weighted by molar-refractivity contribution is 5.92. The van der Waals surface area contributed by atoms with E-state index < -0.39 is 5.60 Å². The minimum atomic E-state index is -0.393. The molecule has 3 nitrogen and oxygen atoms in total. The number of carbonyl (C=O) groups is 1. The molecule has 1 heterocycles. The summed E-state index contributed by atoms with van der Waals surface area (Å²) in [5.41, 5.74) is 3.07. The first kappa shape index (κ1) is 18.8. The van der Waals surface area contributed by atoms with Crippen LogP contribution in [0.4, 0.5) is 0 Å². The van der Waals surface area contributed by atoms with E-state index in [4.69, 9.17) is 9.47 Å². The maximum Gasteiger partial charge on any atom is 0.338 e. The van der Waals surface area contributed by atoms with Gasteiger partial charge in [0.25, 0.3) is 0 Å². The number of rotatable bonds is 2. The first-order valence-corrected chi connectivity index (χ1v) is 10.5. The lowest BCUT2D eigenvalue weighted by Gasteiger charge is -2.59. The maximum atomic E-state index is 12.9. The second-order valence-corrected chi connectivity index (χ2v) is 10.5. The fourth-order valence-electron chi connectivity index (χ4n) is 6.91. The Bertz CT molecular complexity index is 743. The van der Waals surface area contributed by atoms with Crippen LogP contribution in [0.1, 0.15) is 73.1 Å². The molecule has 4 rings (SSSR count). The van der Waals surface area contributed by atoms with Crippen molar-refractivity contribution in [3.8, 4) is 0 Å². The van der Waals surface area contributed by atoms with E-state index >= 15 is 0 Å². The van der Waals surface area contributed by atoms with E-state index in [2.05, 4.69) is 47.3 Å². The lowest BCUT2D eigenvalue weighted by Crippen LogP contribution is -2.56. The summed E-state index contributed by atoms with van der Waals surface area (Å²) in [4.78, 5) is 12.9. The molecule has 0 aromatic rings. The van der Waals surface area contributed by atoms with Crippen molar-refractivity contribution in [1.29, 1.82) is 0 Å². The summed E-state index contributed by atoms with van der Waals surface area (Å²) in [5, 5.41) is 0. The fourth-order valence-corrected chi connectivity index (χ4v) is 6.91. The summed E-state index contributed by atoms with van der Waals surface area (Å²) in [6, 6.07) is 0. The van der Waals surface area contributed by atoms with E-state index in [1.807, 2.05) is 0 Å². The van der Waals surface area contributed by atoms with Gasteiger partial charge in [-0.25, -0.2) is 4.79 Å². The highest BCUT2D eigenvalue weighted by Gasteiger charge is 2.65. The molecule has 0 spiro atoms. The Morgan fingerprint density at radius 3 is 2.63 bits per heavy atom. The van der Waals surface area contributed by atoms with Crippen molar-refractivity contribution in [2.24, 2.45) is 22.7 Å². The topological polar surface area (TPSA) is 35.5 Å². The number of allylic oxidation sites excluding steroid dienone is 1. The van der Waals surface area contributed by atoms with Crippen LogP contribution in [0.25, 0.3) is 0 Å². The van der Waals surface area contributed by atoms with Gasteiger partial charge in [-0.05, 0) is 73.5 Å². The van der Waals surface area contributed by atoms with Crippen molar-refractivity contribution in [3.05, 3.63) is 35.6 Å². The lowest BCUT2D eigenvalue weighted by molar-refractivity contribution is -0.164. The van der Waals surface area contributed by atoms with Crippen LogP contribution in [0.2, 0.25) is 0 Å². The van der Waals surface area contributed by atoms with Gasteiger partial charge >= 0.3 is 5.97 Å². The zero-order valence-corrected chi connectivity index (χ0v) is 17.6. The Morgan fingerprint density at radius 1 is 1.22 bits per heavy atom. The molecule has 1 aliphatic heterocycles. The summed E-state index contributed by atoms with van der Waals surface area (Å²) < 4.78 is 12.1. The van der Waals surface area contributed by atoms with Gasteiger partial charge in [-0.2, -0.15) is 0 Å². The second kappa shape index (κ2) is 5.99. The number of hydrogen-bond acceptors (Lipinski definition) is 3. The number of esters is 1. The smallest absolute Gasteiger partial charge is 0.338 e. The Kier molecular flexibility index (Phi) is 4.18. The van der Waals surface area contributed by atoms with E-state index in [9.17, 15) is 4.79 Å². The van der Waals surface area contributed by atoms with E-state index in [-0.39, 0.29) is 23.4 Å². The van der Waals surface area contributed by atoms with Gasteiger partial charge in [0.2, 0.25) is 0 Å². The Balaban J connectivity index is 1.67. The first-order chi connectivity index (χ1) is 12.6. The quantitative estimate of drug-likeness (QED) is 0.354. The van der Waals surface area contributed by atoms with Crippen molar-refractivity contribution in [2.75, 3.05) is 0 Å². The average molecular weight is 371 g/mol. The maximum absolute atomic E-state index is 12.9. The van der Waals surface area contributed by atoms with Crippen LogP contribution in [0.5, 0.6) is 0 Å². The van der Waals surface area contributed by atoms with Gasteiger partial charge in [-0.3, -0.25) is 0 Å². The zero-order valence-electron chi connectivity index (χ0n) is 17.6. The zero-order chi connectivity index (χ0) is 19.6. The number of hydrogen-bond donors (Lipinski definition) is 0. The number of fused-ring (bicyclic) bond motifs is 3. The molecule has 3 fully saturated rings. The molecule has 2 saturated carbocycles. The molecule has 27 heavy (non-hydrogen) atoms. The minimum absolute atomic E-state index is 0.0142. The van der Waals surface area contributed by atoms with Gasteiger partial charge < -0.3 is 9.47 Å². The molecular weight excluding hydrogens is 336 g/mol. The summed E-state index contributed by atoms with van der Waals surface area (Å²) >= 11 is 0. The minimum Gasteiger partial charge on any atom is -0.493 e. The van der Waals surface area contributed by atoms with E-state index in [0.717, 1.165) is 36.8 Å². The highest BCUT2D eigenvalue weighted by atomic mass is 16.6. The second-order valence-electron chi connectivity index (χ2n) is 10.5. The van der Waals surface area contributed by atoms with Gasteiger partial charge in [0.1, 0.15) is 11.7 Å². The van der Waals surface area contributed by atoms with Gasteiger partial charge in [-0.1, -0.05) is 33.8 Å². The third-order valence-corrected chi connectivity index (χ3v) is 8.16. The molecule has 0 radical (unpaired) electrons. The summed E-state index contributed by atoms with van der Waals surface area (Å²) in [6.07, 6.45) is 10.4. The Morgan fingerprint density at radius 2 is 1.96 bits per heavy atom. The van der Waals surface area contributed by atoms with Crippen LogP contribution in [0.3, 0.4) is 0 Å². The predicted octanol–water partition coefficient (Wildman–Crippen LogP) is 5.72. The van der Waals surface area contributed by atoms with Crippen LogP contribution in [0.15, 0.2) is 35.6 Å². The molecule has 1 unspecified atom stereocenters. The molecule has 1 saturated heterocycles. The van der Waals surface area contributed by atoms with Gasteiger partial charge in [0.05, 0.1) is 11.8 Å². The fraction of sp³-hybridized carbons (Fsp3) is 0.708. The SMILES string of the molecule is C=C1C[C@H](O/C=C2\C(=O)O[C@]3(C)CCC4C(C)(C)CCC[C@]4(C)[C@@H]23)C=C1C. The van der Waals surface area contributed by atoms with Crippen LogP contribution < -0.4 is 0 Å². The predicted molar refractivity (Wildman–Crippen MR) is 107 cm³/mol. The van der Waals surface area contributed by atoms with Crippen LogP contribution >= 0.6 is 0 Å². The number of ether oxygens (including phenoxy) is 2. The first-order valence-electron chi connectivity index (χ1n) is 10.5. The average Bonchev–Trinajstić information content (AvgIpc) is 3.00. The summed E-state index contributed by atoms with van der Waals surface area (Å²) in [5.74, 6) is 0.555. The largest absolute Gasteiger partial charge is 0.493 e. The van der Waals surface area contributed by atoms with Crippen molar-refractivity contribution >= 4 is 5.97 Å². The molecule has 148 valence electrons. The molecule has 0 aromatic heterocycles. The standard InChI is InChI=1S/C24H34O3/c1-15-12-17(13-16(15)2)26-14-18-20-23(5)10-7-9-22(3,4)19(23)8-11-24(20,6)27-21(18)25/h13-14,17,19-20H,1,7-12H2,2-6H3/b18-14-/t17-,19?,20+,23-,24+/m0/s1. The van der Waals surface area contributed by atoms with E-state index in [1.165, 1.54) is 18.4 Å². The van der Waals surface area contributed by atoms with Crippen molar-refractivity contribution in [3.63, 3.8) is 0 Å². The third-order valence-electron chi connectivity index (χ3n) is 8.16. The van der Waals surface area contributed by atoms with E-state index in [1.54, 1.807) is 6.26 Å². The Hall–Kier alpha value is -1.51. The molecule has 0 bridgehead atoms. The van der Waals surface area contributed by atoms with Crippen LogP contribution in [-0.4, -0.2) is 17.7 Å². The molecule has 0 amide bonds. The molecule has 4 aliphatic rings. The number of carbonyl (C=O) groups excluding carboxylic acids is 1. The van der Waals surface area contributed by atoms with Gasteiger partial charge in [0.15, 0.2) is 0 Å². The molecule has 3 heteroatoms. The van der Waals surface area contributed by atoms with Gasteiger partial charge in [0, 0.05) is 12.3 Å². The molecule has 3 aliphatic carbocycles. The molecule has 5 atom stereocenters. The van der Waals surface area contributed by atoms with Crippen molar-refractivity contribution < 1.29 is 14.3 Å². The normalized spacial score (nSPS) is 44.6. The Labute approximate surface area is 163 Å². The van der Waals surface area contributed by atoms with Crippen molar-refractivity contribution in [2.45, 2.75) is 84.8 Å². The third kappa shape index (κ3) is 2.80.